The van der Waals surface area contributed by atoms with Crippen LogP contribution in [0, 0.1) is 5.92 Å². The first-order valence-electron chi connectivity index (χ1n) is 13.3. The molecule has 11 heteroatoms. The molecule has 1 atom stereocenters. The SMILES string of the molecule is CCC(C)(C)NC(CCCCNCCC(=O)NCCSSCCNC(=O)CC(C)C)C(=O)NCCN. The third-order valence-corrected chi connectivity index (χ3v) is 7.93. The van der Waals surface area contributed by atoms with Crippen LogP contribution in [0.1, 0.15) is 73.1 Å². The molecule has 3 amide bonds. The fourth-order valence-electron chi connectivity index (χ4n) is 3.20. The molecular formula is C25H52N6O3S2. The maximum absolute atomic E-state index is 12.5. The van der Waals surface area contributed by atoms with Crippen LogP contribution in [0.15, 0.2) is 0 Å². The van der Waals surface area contributed by atoms with Crippen molar-refractivity contribution in [3.05, 3.63) is 0 Å². The van der Waals surface area contributed by atoms with E-state index >= 15 is 0 Å². The Morgan fingerprint density at radius 1 is 0.861 bits per heavy atom. The summed E-state index contributed by atoms with van der Waals surface area (Å²) in [7, 11) is 3.42. The maximum Gasteiger partial charge on any atom is 0.237 e. The van der Waals surface area contributed by atoms with Crippen molar-refractivity contribution in [2.75, 3.05) is 50.8 Å². The Hall–Kier alpha value is -1.01. The fourth-order valence-corrected chi connectivity index (χ4v) is 5.01. The van der Waals surface area contributed by atoms with Gasteiger partial charge in [-0.2, -0.15) is 0 Å². The number of hydrogen-bond acceptors (Lipinski definition) is 8. The number of hydrogen-bond donors (Lipinski definition) is 6. The molecule has 0 bridgehead atoms. The monoisotopic (exact) mass is 548 g/mol. The Morgan fingerprint density at radius 3 is 2.08 bits per heavy atom. The van der Waals surface area contributed by atoms with Crippen LogP contribution < -0.4 is 32.3 Å². The van der Waals surface area contributed by atoms with Crippen LogP contribution in [0.3, 0.4) is 0 Å². The molecule has 9 nitrogen and oxygen atoms in total. The number of unbranched alkanes of at least 4 members (excludes halogenated alkanes) is 1. The summed E-state index contributed by atoms with van der Waals surface area (Å²) in [6.45, 7) is 14.1. The highest BCUT2D eigenvalue weighted by Crippen LogP contribution is 2.19. The Labute approximate surface area is 227 Å². The van der Waals surface area contributed by atoms with E-state index in [0.717, 1.165) is 43.7 Å². The molecule has 0 aliphatic heterocycles. The van der Waals surface area contributed by atoms with Gasteiger partial charge in [-0.15, -0.1) is 0 Å². The molecule has 36 heavy (non-hydrogen) atoms. The lowest BCUT2D eigenvalue weighted by Crippen LogP contribution is -2.53. The molecule has 0 heterocycles. The van der Waals surface area contributed by atoms with E-state index in [1.807, 2.05) is 13.8 Å². The van der Waals surface area contributed by atoms with Gasteiger partial charge in [0.1, 0.15) is 0 Å². The molecule has 0 aliphatic carbocycles. The molecule has 1 unspecified atom stereocenters. The van der Waals surface area contributed by atoms with Crippen molar-refractivity contribution in [3.8, 4) is 0 Å². The van der Waals surface area contributed by atoms with Crippen molar-refractivity contribution in [2.24, 2.45) is 11.7 Å². The minimum atomic E-state index is -0.225. The molecule has 0 aromatic heterocycles. The normalized spacial score (nSPS) is 12.4. The second-order valence-electron chi connectivity index (χ2n) is 9.95. The van der Waals surface area contributed by atoms with Gasteiger partial charge in [0.05, 0.1) is 6.04 Å². The first-order valence-corrected chi connectivity index (χ1v) is 15.8. The van der Waals surface area contributed by atoms with E-state index in [-0.39, 0.29) is 29.3 Å². The molecule has 0 aromatic carbocycles. The van der Waals surface area contributed by atoms with Gasteiger partial charge >= 0.3 is 0 Å². The van der Waals surface area contributed by atoms with Crippen molar-refractivity contribution in [1.29, 1.82) is 0 Å². The summed E-state index contributed by atoms with van der Waals surface area (Å²) in [5, 5.41) is 15.5. The van der Waals surface area contributed by atoms with E-state index in [2.05, 4.69) is 47.4 Å². The van der Waals surface area contributed by atoms with E-state index in [1.54, 1.807) is 21.6 Å². The van der Waals surface area contributed by atoms with Crippen LogP contribution in [-0.2, 0) is 14.4 Å². The van der Waals surface area contributed by atoms with E-state index in [0.29, 0.717) is 51.5 Å². The summed E-state index contributed by atoms with van der Waals surface area (Å²) < 4.78 is 0. The number of nitrogens with two attached hydrogens (primary N) is 1. The summed E-state index contributed by atoms with van der Waals surface area (Å²) in [6.07, 6.45) is 4.60. The predicted molar refractivity (Wildman–Crippen MR) is 155 cm³/mol. The summed E-state index contributed by atoms with van der Waals surface area (Å²) in [5.41, 5.74) is 5.41. The number of carbonyl (C=O) groups excluding carboxylic acids is 3. The molecule has 0 radical (unpaired) electrons. The van der Waals surface area contributed by atoms with E-state index in [9.17, 15) is 14.4 Å². The summed E-state index contributed by atoms with van der Waals surface area (Å²) >= 11 is 0. The molecule has 0 fully saturated rings. The van der Waals surface area contributed by atoms with Gasteiger partial charge in [0.15, 0.2) is 0 Å². The minimum Gasteiger partial charge on any atom is -0.355 e. The van der Waals surface area contributed by atoms with Crippen LogP contribution in [0.2, 0.25) is 0 Å². The number of carbonyl (C=O) groups is 3. The zero-order valence-corrected chi connectivity index (χ0v) is 24.8. The number of rotatable bonds is 23. The Balaban J connectivity index is 3.78. The topological polar surface area (TPSA) is 137 Å². The molecule has 0 saturated heterocycles. The van der Waals surface area contributed by atoms with E-state index < -0.39 is 0 Å². The second kappa shape index (κ2) is 22.0. The Morgan fingerprint density at radius 2 is 1.50 bits per heavy atom. The van der Waals surface area contributed by atoms with Gasteiger partial charge in [-0.1, -0.05) is 48.8 Å². The summed E-state index contributed by atoms with van der Waals surface area (Å²) in [4.78, 5) is 36.0. The summed E-state index contributed by atoms with van der Waals surface area (Å²) in [6, 6.07) is -0.225. The Kier molecular flexibility index (Phi) is 21.4. The molecule has 0 spiro atoms. The minimum absolute atomic E-state index is 0.0107. The molecule has 0 rings (SSSR count). The Bertz CT molecular complexity index is 608. The zero-order chi connectivity index (χ0) is 27.2. The molecule has 0 aromatic rings. The van der Waals surface area contributed by atoms with Crippen molar-refractivity contribution in [1.82, 2.24) is 26.6 Å². The number of amides is 3. The first-order chi connectivity index (χ1) is 17.1. The third-order valence-electron chi connectivity index (χ3n) is 5.53. The van der Waals surface area contributed by atoms with Crippen molar-refractivity contribution >= 4 is 39.3 Å². The zero-order valence-electron chi connectivity index (χ0n) is 23.2. The first kappa shape index (κ1) is 35.0. The average molecular weight is 549 g/mol. The van der Waals surface area contributed by atoms with Gasteiger partial charge in [0, 0.05) is 62.6 Å². The molecular weight excluding hydrogens is 496 g/mol. The third kappa shape index (κ3) is 21.1. The number of nitrogens with one attached hydrogen (secondary N) is 5. The smallest absolute Gasteiger partial charge is 0.237 e. The van der Waals surface area contributed by atoms with Crippen molar-refractivity contribution in [2.45, 2.75) is 84.7 Å². The van der Waals surface area contributed by atoms with Crippen LogP contribution in [0.25, 0.3) is 0 Å². The fraction of sp³-hybridized carbons (Fsp3) is 0.880. The van der Waals surface area contributed by atoms with Crippen LogP contribution in [0.4, 0.5) is 0 Å². The predicted octanol–water partition coefficient (Wildman–Crippen LogP) is 2.02. The molecule has 0 saturated carbocycles. The average Bonchev–Trinajstić information content (AvgIpc) is 2.82. The van der Waals surface area contributed by atoms with Crippen LogP contribution in [-0.4, -0.2) is 80.1 Å². The van der Waals surface area contributed by atoms with Gasteiger partial charge in [-0.25, -0.2) is 0 Å². The van der Waals surface area contributed by atoms with Crippen molar-refractivity contribution in [3.63, 3.8) is 0 Å². The standard InChI is InChI=1S/C25H52N6O3S2/c1-6-25(4,5)31-21(24(34)30-14-11-26)9-7-8-12-27-13-10-22(32)28-15-17-35-36-18-16-29-23(33)19-20(2)3/h20-21,27,31H,6-19,26H2,1-5H3,(H,28,32)(H,29,33)(H,30,34). The molecule has 7 N–H and O–H groups in total. The van der Waals surface area contributed by atoms with Gasteiger partial charge in [0.25, 0.3) is 0 Å². The quantitative estimate of drug-likeness (QED) is 0.0843. The van der Waals surface area contributed by atoms with Crippen LogP contribution in [0.5, 0.6) is 0 Å². The van der Waals surface area contributed by atoms with Crippen LogP contribution >= 0.6 is 21.6 Å². The van der Waals surface area contributed by atoms with Gasteiger partial charge < -0.3 is 32.3 Å². The second-order valence-corrected chi connectivity index (χ2v) is 12.7. The largest absolute Gasteiger partial charge is 0.355 e. The van der Waals surface area contributed by atoms with E-state index in [1.165, 1.54) is 0 Å². The lowest BCUT2D eigenvalue weighted by molar-refractivity contribution is -0.124. The van der Waals surface area contributed by atoms with Gasteiger partial charge in [-0.05, 0) is 45.6 Å². The van der Waals surface area contributed by atoms with Gasteiger partial charge in [-0.3, -0.25) is 14.4 Å². The highest BCUT2D eigenvalue weighted by atomic mass is 33.1. The highest BCUT2D eigenvalue weighted by molar-refractivity contribution is 8.76. The lowest BCUT2D eigenvalue weighted by atomic mass is 9.98. The van der Waals surface area contributed by atoms with E-state index in [4.69, 9.17) is 5.73 Å². The summed E-state index contributed by atoms with van der Waals surface area (Å²) in [5.74, 6) is 2.25. The molecule has 212 valence electrons. The maximum atomic E-state index is 12.5. The van der Waals surface area contributed by atoms with Gasteiger partial charge in [0.2, 0.25) is 17.7 Å². The van der Waals surface area contributed by atoms with Crippen molar-refractivity contribution < 1.29 is 14.4 Å². The lowest BCUT2D eigenvalue weighted by Gasteiger charge is -2.30. The highest BCUT2D eigenvalue weighted by Gasteiger charge is 2.24. The molecule has 0 aliphatic rings.